The van der Waals surface area contributed by atoms with Crippen LogP contribution < -0.4 is 0 Å². The smallest absolute Gasteiger partial charge is 0.331 e. The van der Waals surface area contributed by atoms with Crippen LogP contribution in [0.3, 0.4) is 0 Å². The van der Waals surface area contributed by atoms with Crippen LogP contribution in [-0.4, -0.2) is 40.0 Å². The number of carbonyl (C=O) groups excluding carboxylic acids is 3. The van der Waals surface area contributed by atoms with Crippen LogP contribution in [0.15, 0.2) is 108 Å². The van der Waals surface area contributed by atoms with Gasteiger partial charge in [-0.15, -0.1) is 0 Å². The molecule has 0 amide bonds. The topological polar surface area (TPSA) is 103 Å². The highest BCUT2D eigenvalue weighted by molar-refractivity contribution is 5.85. The number of ether oxygens (including phenoxy) is 2. The third-order valence-electron chi connectivity index (χ3n) is 8.94. The molecule has 6 atom stereocenters. The van der Waals surface area contributed by atoms with Gasteiger partial charge in [0, 0.05) is 47.1 Å². The molecule has 3 rings (SSSR count). The van der Waals surface area contributed by atoms with Gasteiger partial charge in [-0.2, -0.15) is 0 Å². The molecule has 0 bridgehead atoms. The lowest BCUT2D eigenvalue weighted by molar-refractivity contribution is -0.143. The van der Waals surface area contributed by atoms with Gasteiger partial charge in [0.1, 0.15) is 18.5 Å². The quantitative estimate of drug-likeness (QED) is 0.0760. The molecule has 2 heterocycles. The molecule has 1 aliphatic heterocycles. The average molecular weight is 698 g/mol. The number of cyclic esters (lactones) is 1. The molecular formula is C44H59NO6. The van der Waals surface area contributed by atoms with Crippen molar-refractivity contribution in [2.24, 2.45) is 23.7 Å². The number of aliphatic hydroxyl groups is 1. The standard InChI is InChI=1S/C42H53NO6.C2H6/c1-8-34(20-21-37-30(4)19-22-38(44)49-37)15-11-9-10-14-28(2)24-31(5)41(46)33(7)42(47)32(6)25-29(3)26-39(45)48-27-36-17-12-16-35-18-13-23-43-40(35)36;1-2/h10,12-24,26,30-33,37,42,47H,8-9,11,25,27H2,1-7H3;1-2H3/b14-10+,21-20+,28-24+,29-26+,34-15-;. The van der Waals surface area contributed by atoms with E-state index >= 15 is 0 Å². The fourth-order valence-corrected chi connectivity index (χ4v) is 5.99. The minimum atomic E-state index is -0.848. The van der Waals surface area contributed by atoms with Gasteiger partial charge in [0.15, 0.2) is 0 Å². The summed E-state index contributed by atoms with van der Waals surface area (Å²) >= 11 is 0. The third kappa shape index (κ3) is 14.4. The summed E-state index contributed by atoms with van der Waals surface area (Å²) in [5.74, 6) is -1.75. The molecule has 1 aromatic heterocycles. The molecule has 0 fully saturated rings. The first-order valence-electron chi connectivity index (χ1n) is 18.4. The van der Waals surface area contributed by atoms with Crippen molar-refractivity contribution < 1.29 is 29.0 Å². The molecule has 51 heavy (non-hydrogen) atoms. The normalized spacial score (nSPS) is 19.3. The number of para-hydroxylation sites is 1. The lowest BCUT2D eigenvalue weighted by atomic mass is 9.83. The molecule has 0 saturated heterocycles. The molecule has 0 radical (unpaired) electrons. The molecule has 7 nitrogen and oxygen atoms in total. The van der Waals surface area contributed by atoms with E-state index in [-0.39, 0.29) is 42.2 Å². The Balaban J connectivity index is 0.00000442. The number of benzene rings is 1. The van der Waals surface area contributed by atoms with E-state index in [1.165, 1.54) is 17.7 Å². The summed E-state index contributed by atoms with van der Waals surface area (Å²) in [5.41, 5.74) is 4.61. The van der Waals surface area contributed by atoms with Gasteiger partial charge in [0.25, 0.3) is 0 Å². The third-order valence-corrected chi connectivity index (χ3v) is 8.94. The number of ketones is 1. The van der Waals surface area contributed by atoms with E-state index in [1.54, 1.807) is 13.1 Å². The van der Waals surface area contributed by atoms with E-state index in [0.717, 1.165) is 46.9 Å². The molecule has 1 aliphatic rings. The molecular weight excluding hydrogens is 638 g/mol. The van der Waals surface area contributed by atoms with Gasteiger partial charge < -0.3 is 14.6 Å². The van der Waals surface area contributed by atoms with Crippen LogP contribution in [0, 0.1) is 23.7 Å². The summed E-state index contributed by atoms with van der Waals surface area (Å²) in [4.78, 5) is 41.7. The lowest BCUT2D eigenvalue weighted by Crippen LogP contribution is -2.34. The summed E-state index contributed by atoms with van der Waals surface area (Å²) in [6, 6.07) is 9.61. The monoisotopic (exact) mass is 697 g/mol. The summed E-state index contributed by atoms with van der Waals surface area (Å²) < 4.78 is 10.9. The highest BCUT2D eigenvalue weighted by Crippen LogP contribution is 2.24. The van der Waals surface area contributed by atoms with Gasteiger partial charge in [-0.3, -0.25) is 9.78 Å². The van der Waals surface area contributed by atoms with Crippen LogP contribution >= 0.6 is 0 Å². The van der Waals surface area contributed by atoms with Crippen molar-refractivity contribution in [3.8, 4) is 0 Å². The highest BCUT2D eigenvalue weighted by atomic mass is 16.5. The molecule has 2 aromatic rings. The molecule has 0 spiro atoms. The van der Waals surface area contributed by atoms with Gasteiger partial charge in [-0.25, -0.2) is 9.59 Å². The van der Waals surface area contributed by atoms with Crippen molar-refractivity contribution in [2.45, 2.75) is 107 Å². The van der Waals surface area contributed by atoms with Crippen molar-refractivity contribution >= 4 is 28.6 Å². The maximum atomic E-state index is 13.2. The number of esters is 2. The number of allylic oxidation sites excluding steroid dienone is 8. The van der Waals surface area contributed by atoms with Gasteiger partial charge in [0.05, 0.1) is 11.6 Å². The molecule has 0 saturated carbocycles. The van der Waals surface area contributed by atoms with E-state index in [9.17, 15) is 19.5 Å². The Morgan fingerprint density at radius 1 is 1.06 bits per heavy atom. The largest absolute Gasteiger partial charge is 0.458 e. The molecule has 276 valence electrons. The maximum absolute atomic E-state index is 13.2. The summed E-state index contributed by atoms with van der Waals surface area (Å²) in [5, 5.41) is 12.0. The second-order valence-electron chi connectivity index (χ2n) is 13.2. The Morgan fingerprint density at radius 3 is 2.51 bits per heavy atom. The van der Waals surface area contributed by atoms with Crippen molar-refractivity contribution in [2.75, 3.05) is 0 Å². The first-order chi connectivity index (χ1) is 24.4. The number of pyridine rings is 1. The summed E-state index contributed by atoms with van der Waals surface area (Å²) in [6.07, 6.45) is 20.8. The van der Waals surface area contributed by atoms with Crippen LogP contribution in [0.5, 0.6) is 0 Å². The zero-order chi connectivity index (χ0) is 37.9. The minimum Gasteiger partial charge on any atom is -0.458 e. The fraction of sp³-hybridized carbons (Fsp3) is 0.455. The van der Waals surface area contributed by atoms with Crippen molar-refractivity contribution in [1.29, 1.82) is 0 Å². The van der Waals surface area contributed by atoms with Gasteiger partial charge >= 0.3 is 11.9 Å². The number of carbonyl (C=O) groups is 3. The number of hydrogen-bond donors (Lipinski definition) is 1. The number of aliphatic hydroxyl groups excluding tert-OH is 1. The van der Waals surface area contributed by atoms with Crippen LogP contribution in [-0.2, 0) is 30.5 Å². The van der Waals surface area contributed by atoms with E-state index in [1.807, 2.05) is 109 Å². The Morgan fingerprint density at radius 2 is 1.78 bits per heavy atom. The van der Waals surface area contributed by atoms with E-state index in [4.69, 9.17) is 9.47 Å². The Kier molecular flexibility index (Phi) is 18.8. The number of fused-ring (bicyclic) bond motifs is 1. The number of aromatic nitrogens is 1. The summed E-state index contributed by atoms with van der Waals surface area (Å²) in [7, 11) is 0. The Bertz CT molecular complexity index is 1620. The first-order valence-corrected chi connectivity index (χ1v) is 18.4. The molecule has 7 heteroatoms. The molecule has 1 N–H and O–H groups in total. The van der Waals surface area contributed by atoms with E-state index in [2.05, 4.69) is 24.1 Å². The fourth-order valence-electron chi connectivity index (χ4n) is 5.99. The zero-order valence-electron chi connectivity index (χ0n) is 32.1. The number of hydrogen-bond acceptors (Lipinski definition) is 7. The zero-order valence-corrected chi connectivity index (χ0v) is 32.1. The number of Topliss-reactive ketones (excluding diaryl/α,β-unsaturated/α-hetero) is 1. The van der Waals surface area contributed by atoms with Crippen molar-refractivity contribution in [1.82, 2.24) is 4.98 Å². The average Bonchev–Trinajstić information content (AvgIpc) is 3.12. The summed E-state index contributed by atoms with van der Waals surface area (Å²) in [6.45, 7) is 17.6. The minimum absolute atomic E-state index is 0.0207. The number of nitrogens with zero attached hydrogens (tertiary/aromatic N) is 1. The van der Waals surface area contributed by atoms with Crippen molar-refractivity contribution in [3.63, 3.8) is 0 Å². The second-order valence-corrected chi connectivity index (χ2v) is 13.2. The number of rotatable bonds is 17. The maximum Gasteiger partial charge on any atom is 0.331 e. The van der Waals surface area contributed by atoms with Crippen LogP contribution in [0.25, 0.3) is 10.9 Å². The predicted octanol–water partition coefficient (Wildman–Crippen LogP) is 9.77. The predicted molar refractivity (Wildman–Crippen MR) is 208 cm³/mol. The molecule has 1 aromatic carbocycles. The SMILES string of the molecule is CC.CCC(=C/CC/C=C/C(C)=C/C(C)C(=O)C(C)C(O)C(C)C/C(C)=C/C(=O)OCc1cccc2cccnc12)/C=C/C1OC(=O)C=CC1C. The van der Waals surface area contributed by atoms with E-state index < -0.39 is 18.0 Å². The Labute approximate surface area is 305 Å². The first kappa shape index (κ1) is 42.8. The highest BCUT2D eigenvalue weighted by Gasteiger charge is 2.29. The van der Waals surface area contributed by atoms with Gasteiger partial charge in [-0.05, 0) is 57.6 Å². The molecule has 0 aliphatic carbocycles. The van der Waals surface area contributed by atoms with Crippen molar-refractivity contribution in [3.05, 3.63) is 113 Å². The Hall–Kier alpha value is -4.36. The molecule has 6 unspecified atom stereocenters. The van der Waals surface area contributed by atoms with Crippen LogP contribution in [0.2, 0.25) is 0 Å². The number of unbranched alkanes of at least 4 members (excludes halogenated alkanes) is 1. The van der Waals surface area contributed by atoms with Crippen LogP contribution in [0.4, 0.5) is 0 Å². The van der Waals surface area contributed by atoms with Gasteiger partial charge in [-0.1, -0.05) is 126 Å². The second kappa shape index (κ2) is 22.5. The van der Waals surface area contributed by atoms with Gasteiger partial charge in [0.2, 0.25) is 0 Å². The van der Waals surface area contributed by atoms with Crippen LogP contribution in [0.1, 0.15) is 93.6 Å². The lowest BCUT2D eigenvalue weighted by Gasteiger charge is -2.25. The van der Waals surface area contributed by atoms with E-state index in [0.29, 0.717) is 6.42 Å².